The molecule has 0 saturated carbocycles. The van der Waals surface area contributed by atoms with E-state index >= 15 is 0 Å². The van der Waals surface area contributed by atoms with Gasteiger partial charge in [0.2, 0.25) is 5.91 Å². The lowest BCUT2D eigenvalue weighted by Crippen LogP contribution is -2.31. The number of nitrogens with one attached hydrogen (secondary N) is 2. The molecule has 1 aromatic carbocycles. The van der Waals surface area contributed by atoms with E-state index in [0.29, 0.717) is 43.3 Å². The van der Waals surface area contributed by atoms with Crippen molar-refractivity contribution in [2.24, 2.45) is 11.8 Å². The van der Waals surface area contributed by atoms with E-state index in [1.807, 2.05) is 0 Å². The first kappa shape index (κ1) is 18.0. The number of carbonyl (C=O) groups excluding carboxylic acids is 2. The third kappa shape index (κ3) is 6.61. The molecule has 5 nitrogen and oxygen atoms in total. The number of carbonyl (C=O) groups is 2. The minimum absolute atomic E-state index is 0.0560. The lowest BCUT2D eigenvalue weighted by atomic mass is 9.94. The van der Waals surface area contributed by atoms with Crippen molar-refractivity contribution < 1.29 is 14.7 Å². The van der Waals surface area contributed by atoms with Gasteiger partial charge in [-0.05, 0) is 36.5 Å². The Bertz CT molecular complexity index is 500. The van der Waals surface area contributed by atoms with E-state index in [-0.39, 0.29) is 17.6 Å². The van der Waals surface area contributed by atoms with Gasteiger partial charge >= 0.3 is 0 Å². The zero-order valence-electron chi connectivity index (χ0n) is 13.6. The minimum atomic E-state index is -0.226. The average molecular weight is 306 g/mol. The molecule has 0 heterocycles. The topological polar surface area (TPSA) is 78.4 Å². The summed E-state index contributed by atoms with van der Waals surface area (Å²) in [7, 11) is 0. The largest absolute Gasteiger partial charge is 0.508 e. The Morgan fingerprint density at radius 1 is 1.14 bits per heavy atom. The molecule has 3 N–H and O–H groups in total. The SMILES string of the molecule is CC(C)C(C)CC(=O)NCCCNC(=O)c1cccc(O)c1. The van der Waals surface area contributed by atoms with Crippen molar-refractivity contribution in [1.82, 2.24) is 10.6 Å². The predicted octanol–water partition coefficient (Wildman–Crippen LogP) is 2.31. The highest BCUT2D eigenvalue weighted by molar-refractivity contribution is 5.94. The maximum Gasteiger partial charge on any atom is 0.251 e. The summed E-state index contributed by atoms with van der Waals surface area (Å²) in [5, 5.41) is 14.9. The molecular weight excluding hydrogens is 280 g/mol. The molecule has 0 radical (unpaired) electrons. The minimum Gasteiger partial charge on any atom is -0.508 e. The van der Waals surface area contributed by atoms with Crippen LogP contribution in [-0.2, 0) is 4.79 Å². The number of aromatic hydroxyl groups is 1. The van der Waals surface area contributed by atoms with E-state index in [1.165, 1.54) is 12.1 Å². The van der Waals surface area contributed by atoms with Crippen LogP contribution in [0.1, 0.15) is 44.0 Å². The van der Waals surface area contributed by atoms with Gasteiger partial charge in [0.15, 0.2) is 0 Å². The van der Waals surface area contributed by atoms with Gasteiger partial charge in [-0.15, -0.1) is 0 Å². The van der Waals surface area contributed by atoms with Crippen LogP contribution in [0, 0.1) is 11.8 Å². The van der Waals surface area contributed by atoms with Crippen LogP contribution in [0.4, 0.5) is 0 Å². The van der Waals surface area contributed by atoms with Crippen LogP contribution in [0.2, 0.25) is 0 Å². The Morgan fingerprint density at radius 3 is 2.45 bits per heavy atom. The highest BCUT2D eigenvalue weighted by Gasteiger charge is 2.12. The van der Waals surface area contributed by atoms with Crippen molar-refractivity contribution in [2.45, 2.75) is 33.6 Å². The molecule has 1 rings (SSSR count). The van der Waals surface area contributed by atoms with Crippen LogP contribution in [0.3, 0.4) is 0 Å². The monoisotopic (exact) mass is 306 g/mol. The highest BCUT2D eigenvalue weighted by atomic mass is 16.3. The van der Waals surface area contributed by atoms with E-state index < -0.39 is 0 Å². The Hall–Kier alpha value is -2.04. The van der Waals surface area contributed by atoms with Gasteiger partial charge in [0.1, 0.15) is 5.75 Å². The predicted molar refractivity (Wildman–Crippen MR) is 86.7 cm³/mol. The van der Waals surface area contributed by atoms with Crippen molar-refractivity contribution in [3.05, 3.63) is 29.8 Å². The Morgan fingerprint density at radius 2 is 1.82 bits per heavy atom. The molecule has 5 heteroatoms. The van der Waals surface area contributed by atoms with Crippen LogP contribution < -0.4 is 10.6 Å². The molecule has 2 amide bonds. The first-order valence-electron chi connectivity index (χ1n) is 7.74. The average Bonchev–Trinajstić information content (AvgIpc) is 2.46. The lowest BCUT2D eigenvalue weighted by Gasteiger charge is -2.14. The molecule has 0 aliphatic carbocycles. The van der Waals surface area contributed by atoms with Crippen LogP contribution in [0.15, 0.2) is 24.3 Å². The number of hydrogen-bond acceptors (Lipinski definition) is 3. The van der Waals surface area contributed by atoms with Gasteiger partial charge in [-0.1, -0.05) is 26.8 Å². The van der Waals surface area contributed by atoms with E-state index in [9.17, 15) is 14.7 Å². The van der Waals surface area contributed by atoms with E-state index in [1.54, 1.807) is 12.1 Å². The molecule has 1 aromatic rings. The van der Waals surface area contributed by atoms with Crippen LogP contribution in [0.5, 0.6) is 5.75 Å². The van der Waals surface area contributed by atoms with E-state index in [2.05, 4.69) is 31.4 Å². The molecule has 0 aliphatic rings. The second kappa shape index (κ2) is 9.07. The number of rotatable bonds is 8. The maximum atomic E-state index is 11.8. The molecule has 1 atom stereocenters. The van der Waals surface area contributed by atoms with Crippen molar-refractivity contribution in [3.63, 3.8) is 0 Å². The third-order valence-corrected chi connectivity index (χ3v) is 3.72. The second-order valence-corrected chi connectivity index (χ2v) is 5.94. The summed E-state index contributed by atoms with van der Waals surface area (Å²) < 4.78 is 0. The molecule has 0 aliphatic heterocycles. The fraction of sp³-hybridized carbons (Fsp3) is 0.529. The van der Waals surface area contributed by atoms with Gasteiger partial charge in [-0.2, -0.15) is 0 Å². The number of phenolic OH excluding ortho intramolecular Hbond substituents is 1. The van der Waals surface area contributed by atoms with Gasteiger partial charge in [-0.25, -0.2) is 0 Å². The Kier molecular flexibility index (Phi) is 7.43. The molecule has 0 saturated heterocycles. The van der Waals surface area contributed by atoms with Crippen LogP contribution in [-0.4, -0.2) is 30.0 Å². The van der Waals surface area contributed by atoms with Crippen molar-refractivity contribution in [1.29, 1.82) is 0 Å². The molecule has 22 heavy (non-hydrogen) atoms. The lowest BCUT2D eigenvalue weighted by molar-refractivity contribution is -0.122. The molecule has 1 unspecified atom stereocenters. The molecule has 0 aromatic heterocycles. The first-order chi connectivity index (χ1) is 10.4. The second-order valence-electron chi connectivity index (χ2n) is 5.94. The number of phenols is 1. The van der Waals surface area contributed by atoms with E-state index in [4.69, 9.17) is 0 Å². The molecule has 0 spiro atoms. The fourth-order valence-electron chi connectivity index (χ4n) is 1.87. The molecular formula is C17H26N2O3. The summed E-state index contributed by atoms with van der Waals surface area (Å²) in [5.74, 6) is 0.758. The molecule has 0 fully saturated rings. The summed E-state index contributed by atoms with van der Waals surface area (Å²) in [6.45, 7) is 7.31. The normalized spacial score (nSPS) is 12.0. The van der Waals surface area contributed by atoms with Crippen molar-refractivity contribution >= 4 is 11.8 Å². The number of benzene rings is 1. The fourth-order valence-corrected chi connectivity index (χ4v) is 1.87. The highest BCUT2D eigenvalue weighted by Crippen LogP contribution is 2.13. The molecule has 122 valence electrons. The number of amides is 2. The third-order valence-electron chi connectivity index (χ3n) is 3.72. The van der Waals surface area contributed by atoms with Crippen LogP contribution >= 0.6 is 0 Å². The van der Waals surface area contributed by atoms with Gasteiger partial charge in [0.05, 0.1) is 0 Å². The standard InChI is InChI=1S/C17H26N2O3/c1-12(2)13(3)10-16(21)18-8-5-9-19-17(22)14-6-4-7-15(20)11-14/h4,6-7,11-13,20H,5,8-10H2,1-3H3,(H,18,21)(H,19,22). The summed E-state index contributed by atoms with van der Waals surface area (Å²) in [6, 6.07) is 6.21. The Balaban J connectivity index is 2.18. The first-order valence-corrected chi connectivity index (χ1v) is 7.74. The van der Waals surface area contributed by atoms with Gasteiger partial charge in [0, 0.05) is 25.1 Å². The summed E-state index contributed by atoms with van der Waals surface area (Å²) in [6.07, 6.45) is 1.21. The summed E-state index contributed by atoms with van der Waals surface area (Å²) in [4.78, 5) is 23.5. The van der Waals surface area contributed by atoms with E-state index in [0.717, 1.165) is 0 Å². The molecule has 0 bridgehead atoms. The Labute approximate surface area is 132 Å². The summed E-state index contributed by atoms with van der Waals surface area (Å²) in [5.41, 5.74) is 0.426. The van der Waals surface area contributed by atoms with Crippen molar-refractivity contribution in [2.75, 3.05) is 13.1 Å². The smallest absolute Gasteiger partial charge is 0.251 e. The van der Waals surface area contributed by atoms with Gasteiger partial charge in [-0.3, -0.25) is 9.59 Å². The van der Waals surface area contributed by atoms with Gasteiger partial charge < -0.3 is 15.7 Å². The quantitative estimate of drug-likeness (QED) is 0.645. The number of hydrogen-bond donors (Lipinski definition) is 3. The maximum absolute atomic E-state index is 11.8. The zero-order valence-corrected chi connectivity index (χ0v) is 13.6. The van der Waals surface area contributed by atoms with Crippen LogP contribution in [0.25, 0.3) is 0 Å². The summed E-state index contributed by atoms with van der Waals surface area (Å²) >= 11 is 0. The zero-order chi connectivity index (χ0) is 16.5. The van der Waals surface area contributed by atoms with Gasteiger partial charge in [0.25, 0.3) is 5.91 Å². The van der Waals surface area contributed by atoms with Crippen molar-refractivity contribution in [3.8, 4) is 5.75 Å².